The number of carbonyl (C=O) groups is 1. The zero-order valence-electron chi connectivity index (χ0n) is 8.31. The van der Waals surface area contributed by atoms with E-state index in [0.29, 0.717) is 0 Å². The molecule has 0 fully saturated rings. The molecule has 0 aliphatic heterocycles. The molecule has 3 heteroatoms. The highest BCUT2D eigenvalue weighted by molar-refractivity contribution is 7.81. The van der Waals surface area contributed by atoms with Gasteiger partial charge in [0.2, 0.25) is 0 Å². The Balaban J connectivity index is 2.59. The molecule has 0 aliphatic rings. The first kappa shape index (κ1) is 11.1. The summed E-state index contributed by atoms with van der Waals surface area (Å²) >= 11 is 4.01. The lowest BCUT2D eigenvalue weighted by Crippen LogP contribution is -2.16. The second-order valence-electron chi connectivity index (χ2n) is 3.17. The van der Waals surface area contributed by atoms with E-state index in [1.807, 2.05) is 37.3 Å². The Labute approximate surface area is 89.7 Å². The fourth-order valence-corrected chi connectivity index (χ4v) is 1.13. The lowest BCUT2D eigenvalue weighted by Gasteiger charge is -2.14. The van der Waals surface area contributed by atoms with Crippen LogP contribution in [0.5, 0.6) is 0 Å². The van der Waals surface area contributed by atoms with Crippen molar-refractivity contribution in [2.75, 3.05) is 0 Å². The first-order valence-corrected chi connectivity index (χ1v) is 5.06. The van der Waals surface area contributed by atoms with Gasteiger partial charge in [-0.2, -0.15) is 12.6 Å². The van der Waals surface area contributed by atoms with Crippen molar-refractivity contribution in [3.05, 3.63) is 35.9 Å². The number of esters is 1. The molecule has 76 valence electrons. The van der Waals surface area contributed by atoms with Crippen molar-refractivity contribution in [1.82, 2.24) is 0 Å². The molecule has 1 rings (SSSR count). The van der Waals surface area contributed by atoms with Crippen LogP contribution in [-0.2, 0) is 9.53 Å². The highest BCUT2D eigenvalue weighted by atomic mass is 32.1. The SMILES string of the molecule is CC(S)C(=O)OC(C)c1ccccc1. The van der Waals surface area contributed by atoms with Gasteiger partial charge in [-0.15, -0.1) is 0 Å². The number of rotatable bonds is 3. The van der Waals surface area contributed by atoms with E-state index in [0.717, 1.165) is 5.56 Å². The number of benzene rings is 1. The second-order valence-corrected chi connectivity index (χ2v) is 3.94. The number of hydrogen-bond donors (Lipinski definition) is 1. The molecule has 0 saturated heterocycles. The number of hydrogen-bond acceptors (Lipinski definition) is 3. The Morgan fingerprint density at radius 2 is 1.86 bits per heavy atom. The van der Waals surface area contributed by atoms with E-state index in [-0.39, 0.29) is 17.3 Å². The van der Waals surface area contributed by atoms with Crippen LogP contribution in [0.15, 0.2) is 30.3 Å². The molecule has 2 nitrogen and oxygen atoms in total. The maximum Gasteiger partial charge on any atom is 0.319 e. The summed E-state index contributed by atoms with van der Waals surface area (Å²) in [4.78, 5) is 11.2. The first-order valence-electron chi connectivity index (χ1n) is 4.54. The topological polar surface area (TPSA) is 26.3 Å². The molecule has 0 spiro atoms. The van der Waals surface area contributed by atoms with Crippen molar-refractivity contribution in [1.29, 1.82) is 0 Å². The Bertz CT molecular complexity index is 295. The molecule has 0 aliphatic carbocycles. The predicted octanol–water partition coefficient (Wildman–Crippen LogP) is 2.61. The van der Waals surface area contributed by atoms with E-state index in [1.54, 1.807) is 6.92 Å². The third-order valence-electron chi connectivity index (χ3n) is 1.90. The Kier molecular flexibility index (Phi) is 4.01. The van der Waals surface area contributed by atoms with Gasteiger partial charge in [-0.1, -0.05) is 30.3 Å². The van der Waals surface area contributed by atoms with Crippen molar-refractivity contribution in [3.8, 4) is 0 Å². The summed E-state index contributed by atoms with van der Waals surface area (Å²) in [5.74, 6) is -0.287. The summed E-state index contributed by atoms with van der Waals surface area (Å²) in [6.07, 6.45) is -0.210. The molecule has 0 heterocycles. The lowest BCUT2D eigenvalue weighted by atomic mass is 10.1. The van der Waals surface area contributed by atoms with Crippen molar-refractivity contribution >= 4 is 18.6 Å². The van der Waals surface area contributed by atoms with E-state index in [2.05, 4.69) is 12.6 Å². The van der Waals surface area contributed by atoms with Crippen molar-refractivity contribution < 1.29 is 9.53 Å². The van der Waals surface area contributed by atoms with Gasteiger partial charge in [0.05, 0.1) is 5.25 Å². The van der Waals surface area contributed by atoms with Crippen LogP contribution < -0.4 is 0 Å². The second kappa shape index (κ2) is 5.05. The van der Waals surface area contributed by atoms with Gasteiger partial charge in [-0.05, 0) is 19.4 Å². The zero-order chi connectivity index (χ0) is 10.6. The Hall–Kier alpha value is -0.960. The standard InChI is InChI=1S/C11H14O2S/c1-8(13-11(12)9(2)14)10-6-4-3-5-7-10/h3-9,14H,1-2H3. The summed E-state index contributed by atoms with van der Waals surface area (Å²) in [6.45, 7) is 3.55. The lowest BCUT2D eigenvalue weighted by molar-refractivity contribution is -0.147. The summed E-state index contributed by atoms with van der Waals surface area (Å²) in [5, 5.41) is -0.374. The molecular weight excluding hydrogens is 196 g/mol. The Morgan fingerprint density at radius 3 is 2.36 bits per heavy atom. The normalized spacial score (nSPS) is 14.5. The van der Waals surface area contributed by atoms with E-state index >= 15 is 0 Å². The van der Waals surface area contributed by atoms with Gasteiger partial charge in [0.15, 0.2) is 0 Å². The minimum Gasteiger partial charge on any atom is -0.457 e. The van der Waals surface area contributed by atoms with Gasteiger partial charge in [-0.3, -0.25) is 4.79 Å². The highest BCUT2D eigenvalue weighted by Crippen LogP contribution is 2.17. The van der Waals surface area contributed by atoms with Crippen LogP contribution in [0, 0.1) is 0 Å². The van der Waals surface area contributed by atoms with Gasteiger partial charge in [0.25, 0.3) is 0 Å². The molecule has 0 saturated carbocycles. The number of ether oxygens (including phenoxy) is 1. The van der Waals surface area contributed by atoms with Crippen molar-refractivity contribution in [3.63, 3.8) is 0 Å². The van der Waals surface area contributed by atoms with Gasteiger partial charge in [0, 0.05) is 0 Å². The maximum absolute atomic E-state index is 11.2. The van der Waals surface area contributed by atoms with E-state index in [9.17, 15) is 4.79 Å². The molecule has 2 unspecified atom stereocenters. The number of carbonyl (C=O) groups excluding carboxylic acids is 1. The average Bonchev–Trinajstić information content (AvgIpc) is 2.19. The fourth-order valence-electron chi connectivity index (χ4n) is 1.06. The number of thiol groups is 1. The van der Waals surface area contributed by atoms with Crippen LogP contribution in [0.1, 0.15) is 25.5 Å². The van der Waals surface area contributed by atoms with E-state index < -0.39 is 0 Å². The molecule has 2 atom stereocenters. The monoisotopic (exact) mass is 210 g/mol. The molecular formula is C11H14O2S. The van der Waals surface area contributed by atoms with Crippen LogP contribution in [0.3, 0.4) is 0 Å². The quantitative estimate of drug-likeness (QED) is 0.613. The summed E-state index contributed by atoms with van der Waals surface area (Å²) in [5.41, 5.74) is 0.995. The van der Waals surface area contributed by atoms with Gasteiger partial charge < -0.3 is 4.74 Å². The van der Waals surface area contributed by atoms with Crippen molar-refractivity contribution in [2.45, 2.75) is 25.2 Å². The van der Waals surface area contributed by atoms with Gasteiger partial charge in [-0.25, -0.2) is 0 Å². The fraction of sp³-hybridized carbons (Fsp3) is 0.364. The van der Waals surface area contributed by atoms with E-state index in [1.165, 1.54) is 0 Å². The third kappa shape index (κ3) is 3.07. The smallest absolute Gasteiger partial charge is 0.319 e. The summed E-state index contributed by atoms with van der Waals surface area (Å²) in [6, 6.07) is 9.63. The van der Waals surface area contributed by atoms with E-state index in [4.69, 9.17) is 4.74 Å². The highest BCUT2D eigenvalue weighted by Gasteiger charge is 2.14. The first-order chi connectivity index (χ1) is 6.61. The molecule has 0 aromatic heterocycles. The summed E-state index contributed by atoms with van der Waals surface area (Å²) in [7, 11) is 0. The minimum atomic E-state index is -0.374. The molecule has 0 N–H and O–H groups in total. The largest absolute Gasteiger partial charge is 0.457 e. The molecule has 0 bridgehead atoms. The molecule has 0 radical (unpaired) electrons. The van der Waals surface area contributed by atoms with Crippen LogP contribution in [0.2, 0.25) is 0 Å². The minimum absolute atomic E-state index is 0.210. The predicted molar refractivity (Wildman–Crippen MR) is 59.4 cm³/mol. The molecule has 14 heavy (non-hydrogen) atoms. The van der Waals surface area contributed by atoms with Crippen LogP contribution in [0.25, 0.3) is 0 Å². The molecule has 1 aromatic carbocycles. The Morgan fingerprint density at radius 1 is 1.29 bits per heavy atom. The molecule has 1 aromatic rings. The third-order valence-corrected chi connectivity index (χ3v) is 2.11. The van der Waals surface area contributed by atoms with Crippen LogP contribution in [0.4, 0.5) is 0 Å². The summed E-state index contributed by atoms with van der Waals surface area (Å²) < 4.78 is 5.18. The molecule has 0 amide bonds. The average molecular weight is 210 g/mol. The van der Waals surface area contributed by atoms with Crippen LogP contribution in [-0.4, -0.2) is 11.2 Å². The van der Waals surface area contributed by atoms with Gasteiger partial charge in [0.1, 0.15) is 6.10 Å². The maximum atomic E-state index is 11.2. The zero-order valence-corrected chi connectivity index (χ0v) is 9.20. The van der Waals surface area contributed by atoms with Crippen molar-refractivity contribution in [2.24, 2.45) is 0 Å². The van der Waals surface area contributed by atoms with Crippen LogP contribution >= 0.6 is 12.6 Å². The van der Waals surface area contributed by atoms with Gasteiger partial charge >= 0.3 is 5.97 Å².